The van der Waals surface area contributed by atoms with Crippen molar-refractivity contribution in [1.82, 2.24) is 47.4 Å². The molecule has 3 unspecified atom stereocenters. The molecule has 3 aromatic rings. The number of alkyl halides is 3. The number of aliphatic hydroxyl groups is 3. The van der Waals surface area contributed by atoms with E-state index in [9.17, 15) is 76.1 Å². The SMILES string of the molecule is CC(C)CCC=O.CC[C@@H](C)C(=O)N[C@@H]1C(=O)N2C(C(=O)N[C@@H]3CCCc4ccccc43)CC[C@@H]2O[C@@H]1C.COC(C)CCC(CC(=O)[C@@H](NC(=O)[C@H](C)N(C)C(=O)OC(C)(C)C)[C@H](C)O)C(=O)N[C@@H]1CCCc2ccccc21.C[C@@H](O)[C@H](NC(=O)[C@H](C)N(C)C(=O)OC(C)(C)C)C(=O)O.N.OCC(F)(F)F.[C-]#[N+][C@@H]1CCCc2ccccc21. The van der Waals surface area contributed by atoms with Crippen LogP contribution in [0.5, 0.6) is 0 Å². The Morgan fingerprint density at radius 1 is 0.647 bits per heavy atom. The highest BCUT2D eigenvalue weighted by Crippen LogP contribution is 2.36. The number of carbonyl (C=O) groups excluding carboxylic acids is 10. The van der Waals surface area contributed by atoms with E-state index in [0.717, 1.165) is 85.9 Å². The smallest absolute Gasteiger partial charge is 0.411 e. The summed E-state index contributed by atoms with van der Waals surface area (Å²) >= 11 is 0. The van der Waals surface area contributed by atoms with Crippen LogP contribution >= 0.6 is 0 Å². The van der Waals surface area contributed by atoms with Crippen molar-refractivity contribution in [2.75, 3.05) is 27.8 Å². The van der Waals surface area contributed by atoms with Crippen molar-refractivity contribution in [3.8, 4) is 0 Å². The lowest BCUT2D eigenvalue weighted by atomic mass is 9.86. The molecule has 0 aromatic heterocycles. The molecule has 2 fully saturated rings. The van der Waals surface area contributed by atoms with Gasteiger partial charge in [-0.3, -0.25) is 43.4 Å². The number of aldehydes is 1. The topological polar surface area (TPSA) is 415 Å². The summed E-state index contributed by atoms with van der Waals surface area (Å²) in [6.45, 7) is 32.9. The number of aliphatic hydroxyl groups excluding tert-OH is 3. The Morgan fingerprint density at radius 3 is 1.50 bits per heavy atom. The summed E-state index contributed by atoms with van der Waals surface area (Å²) in [5.74, 6) is -4.07. The highest BCUT2D eigenvalue weighted by Gasteiger charge is 2.51. The van der Waals surface area contributed by atoms with Crippen molar-refractivity contribution in [2.24, 2.45) is 17.8 Å². The van der Waals surface area contributed by atoms with Crippen LogP contribution in [0, 0.1) is 24.3 Å². The van der Waals surface area contributed by atoms with Gasteiger partial charge >= 0.3 is 24.3 Å². The van der Waals surface area contributed by atoms with E-state index in [0.29, 0.717) is 38.0 Å². The second kappa shape index (κ2) is 50.8. The third kappa shape index (κ3) is 35.6. The van der Waals surface area contributed by atoms with E-state index < -0.39 is 126 Å². The van der Waals surface area contributed by atoms with Crippen LogP contribution in [0.1, 0.15) is 252 Å². The molecule has 8 amide bonds. The molecule has 119 heavy (non-hydrogen) atoms. The summed E-state index contributed by atoms with van der Waals surface area (Å²) in [5.41, 5.74) is 5.96. The average molecular weight is 1680 g/mol. The second-order valence-corrected chi connectivity index (χ2v) is 33.2. The average Bonchev–Trinajstić information content (AvgIpc) is 1.75. The lowest BCUT2D eigenvalue weighted by Gasteiger charge is -2.41. The van der Waals surface area contributed by atoms with Gasteiger partial charge in [-0.1, -0.05) is 100 Å². The normalized spacial score (nSPS) is 20.5. The highest BCUT2D eigenvalue weighted by atomic mass is 19.4. The van der Waals surface area contributed by atoms with Crippen molar-refractivity contribution < 1.29 is 105 Å². The number of aryl methyl sites for hydroxylation is 3. The number of aliphatic carboxylic acids is 1. The summed E-state index contributed by atoms with van der Waals surface area (Å²) in [6, 6.07) is 18.7. The number of nitrogens with one attached hydrogen (secondary N) is 5. The summed E-state index contributed by atoms with van der Waals surface area (Å²) in [7, 11) is 4.40. The van der Waals surface area contributed by atoms with Crippen LogP contribution in [-0.4, -0.2) is 213 Å². The first-order valence-corrected chi connectivity index (χ1v) is 40.9. The zero-order valence-electron chi connectivity index (χ0n) is 73.1. The zero-order valence-corrected chi connectivity index (χ0v) is 73.1. The lowest BCUT2D eigenvalue weighted by molar-refractivity contribution is -0.179. The molecule has 32 heteroatoms. The molecular formula is C87H135F3N10O19. The number of carboxylic acids is 1. The number of amides is 8. The molecule has 2 heterocycles. The van der Waals surface area contributed by atoms with Gasteiger partial charge in [-0.25, -0.2) is 21.0 Å². The van der Waals surface area contributed by atoms with Gasteiger partial charge in [0, 0.05) is 57.9 Å². The van der Waals surface area contributed by atoms with Crippen molar-refractivity contribution in [1.29, 1.82) is 0 Å². The maximum Gasteiger partial charge on any atom is 0.411 e. The van der Waals surface area contributed by atoms with Gasteiger partial charge in [-0.05, 0) is 207 Å². The number of hydrogen-bond donors (Lipinski definition) is 10. The minimum Gasteiger partial charge on any atom is -0.480 e. The molecule has 8 rings (SSSR count). The van der Waals surface area contributed by atoms with Crippen LogP contribution in [0.3, 0.4) is 0 Å². The van der Waals surface area contributed by atoms with Crippen LogP contribution in [-0.2, 0) is 81.4 Å². The third-order valence-electron chi connectivity index (χ3n) is 20.9. The molecule has 3 aromatic carbocycles. The van der Waals surface area contributed by atoms with Gasteiger partial charge < -0.3 is 86.6 Å². The Labute approximate surface area is 700 Å². The minimum atomic E-state index is -4.40. The molecule has 3 aliphatic carbocycles. The molecule has 12 N–H and O–H groups in total. The quantitative estimate of drug-likeness (QED) is 0.0264. The zero-order chi connectivity index (χ0) is 89.3. The Morgan fingerprint density at radius 2 is 1.09 bits per heavy atom. The van der Waals surface area contributed by atoms with Crippen molar-refractivity contribution in [3.05, 3.63) is 118 Å². The predicted octanol–water partition coefficient (Wildman–Crippen LogP) is 11.6. The number of rotatable bonds is 26. The lowest BCUT2D eigenvalue weighted by Crippen LogP contribution is -2.64. The molecule has 668 valence electrons. The van der Waals surface area contributed by atoms with Crippen LogP contribution in [0.15, 0.2) is 72.8 Å². The van der Waals surface area contributed by atoms with Gasteiger partial charge in [0.05, 0.1) is 36.5 Å². The number of fused-ring (bicyclic) bond motifs is 4. The standard InChI is InChI=1S/C31H49N3O7.C24H33N3O4.C13H24N2O6.C11H11N.C6H12O.C2H3F3O.H3N/c1-19(40-8)16-17-23(29(38)32-25-15-11-13-22-12-9-10-14-24(22)25)18-26(36)27(21(3)35)33-28(37)20(2)34(7)30(39)41-31(4,5)6;1-4-14(2)22(28)26-21-15(3)31-20-13-12-19(27(20)24(21)30)23(29)25-18-11-7-9-16-8-5-6-10-17(16)18;1-7(15(6)12(20)21-13(3,4)5)10(17)14-9(8(2)16)11(18)19;1-12-11-8-4-6-9-5-2-3-7-10(9)11;1-6(2)4-3-5-7;3-2(4,5)1-6;/h9-10,12,14,19-21,23,25,27,35H,11,13,15-18H2,1-8H3,(H,32,38)(H,33,37);5-6,8,10,14-15,18-21H,4,7,9,11-13H2,1-3H3,(H,25,29)(H,26,28);7-9,16H,1-6H3,(H,14,17)(H,18,19);2-3,5,7,11H,4,6,8H2;5-6H,3-4H2,1-2H3;6H,1H2;1H3/t19?,20-,21-,23?,25+,27-;14-,15-,18-,19?,20+,21+;7-,8+,9-;11-;;;/m0101.../s1. The van der Waals surface area contributed by atoms with E-state index in [2.05, 4.69) is 81.7 Å². The fourth-order valence-corrected chi connectivity index (χ4v) is 13.4. The first kappa shape index (κ1) is 106. The summed E-state index contributed by atoms with van der Waals surface area (Å²) < 4.78 is 53.4. The number of methoxy groups -OCH3 is 1. The van der Waals surface area contributed by atoms with Gasteiger partial charge in [-0.2, -0.15) is 13.2 Å². The first-order chi connectivity index (χ1) is 55.1. The molecule has 2 saturated heterocycles. The maximum absolute atomic E-state index is 13.5. The van der Waals surface area contributed by atoms with Gasteiger partial charge in [0.15, 0.2) is 11.8 Å². The summed E-state index contributed by atoms with van der Waals surface area (Å²) in [5, 5.41) is 49.9. The largest absolute Gasteiger partial charge is 0.480 e. The fourth-order valence-electron chi connectivity index (χ4n) is 13.4. The van der Waals surface area contributed by atoms with E-state index in [4.69, 9.17) is 35.7 Å². The Kier molecular flexibility index (Phi) is 45.3. The second-order valence-electron chi connectivity index (χ2n) is 33.2. The molecule has 0 saturated carbocycles. The predicted molar refractivity (Wildman–Crippen MR) is 444 cm³/mol. The summed E-state index contributed by atoms with van der Waals surface area (Å²) in [4.78, 5) is 143. The minimum absolute atomic E-state index is 0. The van der Waals surface area contributed by atoms with E-state index in [-0.39, 0.29) is 66.3 Å². The Balaban J connectivity index is 0.000000539. The van der Waals surface area contributed by atoms with Gasteiger partial charge in [-0.15, -0.1) is 0 Å². The molecule has 16 atom stereocenters. The number of nitrogens with zero attached hydrogens (tertiary/aromatic N) is 4. The van der Waals surface area contributed by atoms with Crippen LogP contribution in [0.4, 0.5) is 22.8 Å². The van der Waals surface area contributed by atoms with Crippen molar-refractivity contribution in [2.45, 2.75) is 322 Å². The monoisotopic (exact) mass is 1680 g/mol. The number of carbonyl (C=O) groups is 11. The number of halogens is 3. The van der Waals surface area contributed by atoms with E-state index in [1.807, 2.05) is 64.1 Å². The number of ketones is 1. The molecule has 29 nitrogen and oxygen atoms in total. The van der Waals surface area contributed by atoms with Crippen LogP contribution in [0.25, 0.3) is 4.85 Å². The molecule has 0 bridgehead atoms. The molecule has 2 aliphatic heterocycles. The fraction of sp³-hybridized carbons (Fsp3) is 0.655. The molecular weight excluding hydrogens is 1550 g/mol. The van der Waals surface area contributed by atoms with Crippen molar-refractivity contribution in [3.63, 3.8) is 0 Å². The number of likely N-dealkylation sites (N-methyl/N-ethyl adjacent to an activating group) is 2. The van der Waals surface area contributed by atoms with Gasteiger partial charge in [0.25, 0.3) is 5.91 Å². The van der Waals surface area contributed by atoms with Crippen molar-refractivity contribution >= 4 is 65.7 Å². The Bertz CT molecular complexity index is 3790. The number of hydrogen-bond acceptors (Lipinski definition) is 19. The van der Waals surface area contributed by atoms with E-state index in [1.54, 1.807) is 53.6 Å². The number of carboxylic acid groups (broad SMARTS) is 1. The van der Waals surface area contributed by atoms with E-state index in [1.165, 1.54) is 76.0 Å². The van der Waals surface area contributed by atoms with E-state index >= 15 is 0 Å². The summed E-state index contributed by atoms with van der Waals surface area (Å²) in [6.07, 6.45) is 5.28. The number of ether oxygens (including phenoxy) is 4. The van der Waals surface area contributed by atoms with Crippen LogP contribution < -0.4 is 32.7 Å². The maximum atomic E-state index is 13.5. The molecule has 0 radical (unpaired) electrons. The molecule has 5 aliphatic rings. The third-order valence-corrected chi connectivity index (χ3v) is 20.9. The molecule has 0 spiro atoms. The number of benzene rings is 3. The highest BCUT2D eigenvalue weighted by molar-refractivity contribution is 5.96. The van der Waals surface area contributed by atoms with Gasteiger partial charge in [0.1, 0.15) is 60.5 Å². The van der Waals surface area contributed by atoms with Crippen LogP contribution in [0.2, 0.25) is 0 Å². The Hall–Kier alpha value is -9.13. The number of Topliss-reactive ketones (excluding diaryl/α,β-unsaturated/α-hetero) is 1. The first-order valence-electron chi connectivity index (χ1n) is 40.9. The van der Waals surface area contributed by atoms with Gasteiger partial charge in [0.2, 0.25) is 35.6 Å².